The number of aromatic hydroxyl groups is 1. The van der Waals surface area contributed by atoms with Gasteiger partial charge in [0.05, 0.1) is 0 Å². The maximum absolute atomic E-state index is 13.1. The van der Waals surface area contributed by atoms with E-state index in [9.17, 15) is 9.50 Å². The van der Waals surface area contributed by atoms with E-state index < -0.39 is 0 Å². The second-order valence-electron chi connectivity index (χ2n) is 4.57. The minimum atomic E-state index is -0.298. The van der Waals surface area contributed by atoms with Gasteiger partial charge < -0.3 is 10.4 Å². The fourth-order valence-electron chi connectivity index (χ4n) is 2.41. The van der Waals surface area contributed by atoms with E-state index in [-0.39, 0.29) is 17.6 Å². The summed E-state index contributed by atoms with van der Waals surface area (Å²) in [4.78, 5) is 0. The molecule has 0 radical (unpaired) electrons. The summed E-state index contributed by atoms with van der Waals surface area (Å²) < 4.78 is 13.1. The lowest BCUT2D eigenvalue weighted by atomic mass is 10.1. The van der Waals surface area contributed by atoms with Crippen molar-refractivity contribution in [3.63, 3.8) is 0 Å². The Labute approximate surface area is 95.5 Å². The number of nitrogens with one attached hydrogen (secondary N) is 1. The van der Waals surface area contributed by atoms with Crippen LogP contribution in [0.25, 0.3) is 0 Å². The normalized spacial score (nSPS) is 18.9. The van der Waals surface area contributed by atoms with Gasteiger partial charge in [-0.25, -0.2) is 4.39 Å². The van der Waals surface area contributed by atoms with Crippen molar-refractivity contribution in [2.75, 3.05) is 0 Å². The molecule has 1 aliphatic carbocycles. The molecule has 1 atom stereocenters. The van der Waals surface area contributed by atoms with Gasteiger partial charge in [-0.2, -0.15) is 0 Å². The van der Waals surface area contributed by atoms with E-state index in [1.807, 2.05) is 6.92 Å². The fraction of sp³-hybridized carbons (Fsp3) is 0.538. The summed E-state index contributed by atoms with van der Waals surface area (Å²) in [5, 5.41) is 13.1. The van der Waals surface area contributed by atoms with Gasteiger partial charge in [-0.15, -0.1) is 0 Å². The van der Waals surface area contributed by atoms with Gasteiger partial charge in [0, 0.05) is 17.6 Å². The number of hydrogen-bond donors (Lipinski definition) is 2. The van der Waals surface area contributed by atoms with Crippen molar-refractivity contribution in [3.8, 4) is 5.75 Å². The Morgan fingerprint density at radius 2 is 2.06 bits per heavy atom. The molecule has 2 nitrogen and oxygen atoms in total. The van der Waals surface area contributed by atoms with E-state index in [4.69, 9.17) is 0 Å². The van der Waals surface area contributed by atoms with Gasteiger partial charge in [0.25, 0.3) is 0 Å². The van der Waals surface area contributed by atoms with Gasteiger partial charge in [-0.1, -0.05) is 12.8 Å². The highest BCUT2D eigenvalue weighted by molar-refractivity contribution is 5.34. The Bertz CT molecular complexity index is 361. The van der Waals surface area contributed by atoms with E-state index in [1.165, 1.54) is 43.9 Å². The van der Waals surface area contributed by atoms with Crippen molar-refractivity contribution in [1.29, 1.82) is 0 Å². The van der Waals surface area contributed by atoms with Crippen molar-refractivity contribution < 1.29 is 9.50 Å². The quantitative estimate of drug-likeness (QED) is 0.825. The topological polar surface area (TPSA) is 32.3 Å². The van der Waals surface area contributed by atoms with E-state index in [1.54, 1.807) is 0 Å². The molecule has 1 fully saturated rings. The Kier molecular flexibility index (Phi) is 3.44. The number of hydrogen-bond acceptors (Lipinski definition) is 2. The first-order chi connectivity index (χ1) is 7.66. The van der Waals surface area contributed by atoms with Crippen LogP contribution in [-0.2, 0) is 0 Å². The summed E-state index contributed by atoms with van der Waals surface area (Å²) in [6, 6.07) is 4.61. The molecule has 0 amide bonds. The maximum Gasteiger partial charge on any atom is 0.123 e. The zero-order valence-corrected chi connectivity index (χ0v) is 9.54. The summed E-state index contributed by atoms with van der Waals surface area (Å²) in [5.74, 6) is -0.132. The predicted octanol–water partition coefficient (Wildman–Crippen LogP) is 3.12. The van der Waals surface area contributed by atoms with Crippen molar-refractivity contribution in [2.45, 2.75) is 44.7 Å². The highest BCUT2D eigenvalue weighted by atomic mass is 19.1. The summed E-state index contributed by atoms with van der Waals surface area (Å²) in [7, 11) is 0. The molecule has 2 N–H and O–H groups in total. The van der Waals surface area contributed by atoms with Crippen molar-refractivity contribution in [2.24, 2.45) is 0 Å². The molecule has 3 heteroatoms. The molecule has 88 valence electrons. The van der Waals surface area contributed by atoms with Crippen LogP contribution < -0.4 is 5.32 Å². The Balaban J connectivity index is 2.07. The molecule has 1 saturated carbocycles. The van der Waals surface area contributed by atoms with Gasteiger partial charge in [0.15, 0.2) is 0 Å². The second-order valence-corrected chi connectivity index (χ2v) is 4.57. The molecule has 1 unspecified atom stereocenters. The molecule has 1 aromatic rings. The lowest BCUT2D eigenvalue weighted by Gasteiger charge is -2.20. The standard InChI is InChI=1S/C13H18FNO/c1-9(15-11-4-2-3-5-11)12-8-10(14)6-7-13(12)16/h6-9,11,15-16H,2-5H2,1H3. The van der Waals surface area contributed by atoms with Crippen LogP contribution in [0.1, 0.15) is 44.2 Å². The van der Waals surface area contributed by atoms with E-state index >= 15 is 0 Å². The Morgan fingerprint density at radius 3 is 2.75 bits per heavy atom. The van der Waals surface area contributed by atoms with E-state index in [0.717, 1.165) is 0 Å². The van der Waals surface area contributed by atoms with Crippen LogP contribution in [0.3, 0.4) is 0 Å². The average molecular weight is 223 g/mol. The molecule has 1 aromatic carbocycles. The van der Waals surface area contributed by atoms with Crippen molar-refractivity contribution in [1.82, 2.24) is 5.32 Å². The van der Waals surface area contributed by atoms with Crippen LogP contribution in [-0.4, -0.2) is 11.1 Å². The first-order valence-corrected chi connectivity index (χ1v) is 5.91. The molecule has 0 spiro atoms. The summed E-state index contributed by atoms with van der Waals surface area (Å²) in [5.41, 5.74) is 0.645. The molecule has 0 aromatic heterocycles. The Morgan fingerprint density at radius 1 is 1.38 bits per heavy atom. The van der Waals surface area contributed by atoms with Crippen LogP contribution in [0.15, 0.2) is 18.2 Å². The zero-order valence-electron chi connectivity index (χ0n) is 9.54. The molecule has 2 rings (SSSR count). The molecule has 1 aliphatic rings. The van der Waals surface area contributed by atoms with Gasteiger partial charge >= 0.3 is 0 Å². The second kappa shape index (κ2) is 4.83. The third kappa shape index (κ3) is 2.53. The average Bonchev–Trinajstić information content (AvgIpc) is 2.74. The lowest BCUT2D eigenvalue weighted by Crippen LogP contribution is -2.28. The summed E-state index contributed by atoms with van der Waals surface area (Å²) in [6.45, 7) is 1.97. The first-order valence-electron chi connectivity index (χ1n) is 5.91. The minimum Gasteiger partial charge on any atom is -0.508 e. The van der Waals surface area contributed by atoms with Gasteiger partial charge in [0.2, 0.25) is 0 Å². The van der Waals surface area contributed by atoms with E-state index in [2.05, 4.69) is 5.32 Å². The van der Waals surface area contributed by atoms with Crippen molar-refractivity contribution >= 4 is 0 Å². The number of rotatable bonds is 3. The number of phenols is 1. The highest BCUT2D eigenvalue weighted by Crippen LogP contribution is 2.27. The van der Waals surface area contributed by atoms with Crippen LogP contribution in [0.4, 0.5) is 4.39 Å². The third-order valence-electron chi connectivity index (χ3n) is 3.30. The SMILES string of the molecule is CC(NC1CCCC1)c1cc(F)ccc1O. The van der Waals surface area contributed by atoms with Crippen LogP contribution >= 0.6 is 0 Å². The molecule has 0 heterocycles. The molecular formula is C13H18FNO. The monoisotopic (exact) mass is 223 g/mol. The fourth-order valence-corrected chi connectivity index (χ4v) is 2.41. The minimum absolute atomic E-state index is 0.00111. The van der Waals surface area contributed by atoms with Gasteiger partial charge in [-0.3, -0.25) is 0 Å². The van der Waals surface area contributed by atoms with Crippen LogP contribution in [0.5, 0.6) is 5.75 Å². The summed E-state index contributed by atoms with van der Waals surface area (Å²) in [6.07, 6.45) is 4.89. The van der Waals surface area contributed by atoms with Crippen molar-refractivity contribution in [3.05, 3.63) is 29.6 Å². The molecule has 0 bridgehead atoms. The maximum atomic E-state index is 13.1. The largest absolute Gasteiger partial charge is 0.508 e. The van der Waals surface area contributed by atoms with E-state index in [0.29, 0.717) is 11.6 Å². The smallest absolute Gasteiger partial charge is 0.123 e. The summed E-state index contributed by atoms with van der Waals surface area (Å²) >= 11 is 0. The molecule has 16 heavy (non-hydrogen) atoms. The molecule has 0 aliphatic heterocycles. The predicted molar refractivity (Wildman–Crippen MR) is 61.9 cm³/mol. The number of benzene rings is 1. The Hall–Kier alpha value is -1.09. The zero-order chi connectivity index (χ0) is 11.5. The van der Waals surface area contributed by atoms with Gasteiger partial charge in [0.1, 0.15) is 11.6 Å². The lowest BCUT2D eigenvalue weighted by molar-refractivity contribution is 0.424. The highest BCUT2D eigenvalue weighted by Gasteiger charge is 2.19. The van der Waals surface area contributed by atoms with Gasteiger partial charge in [-0.05, 0) is 38.0 Å². The number of halogens is 1. The first kappa shape index (κ1) is 11.4. The molecular weight excluding hydrogens is 205 g/mol. The molecule has 0 saturated heterocycles. The number of phenolic OH excluding ortho intramolecular Hbond substituents is 1. The van der Waals surface area contributed by atoms with Crippen LogP contribution in [0, 0.1) is 5.82 Å². The third-order valence-corrected chi connectivity index (χ3v) is 3.30. The van der Waals surface area contributed by atoms with Crippen LogP contribution in [0.2, 0.25) is 0 Å².